The van der Waals surface area contributed by atoms with Crippen LogP contribution in [0, 0.1) is 5.82 Å². The van der Waals surface area contributed by atoms with Crippen molar-refractivity contribution in [3.8, 4) is 0 Å². The second kappa shape index (κ2) is 3.76. The zero-order chi connectivity index (χ0) is 10.9. The lowest BCUT2D eigenvalue weighted by Gasteiger charge is -2.22. The van der Waals surface area contributed by atoms with Gasteiger partial charge in [0.2, 0.25) is 0 Å². The van der Waals surface area contributed by atoms with Crippen molar-refractivity contribution in [1.82, 2.24) is 0 Å². The fourth-order valence-electron chi connectivity index (χ4n) is 1.49. The van der Waals surface area contributed by atoms with Crippen molar-refractivity contribution < 1.29 is 9.50 Å². The largest absolute Gasteiger partial charge is 0.380 e. The van der Waals surface area contributed by atoms with Crippen molar-refractivity contribution in [2.75, 3.05) is 0 Å². The molecule has 0 radical (unpaired) electrons. The molecule has 0 bridgehead atoms. The van der Waals surface area contributed by atoms with E-state index < -0.39 is 5.60 Å². The molecule has 78 valence electrons. The zero-order valence-electron chi connectivity index (χ0n) is 8.27. The standard InChI is InChI=1S/C12H11FOS/c1-12(14,11-6-3-7-15-11)9-4-2-5-10(13)8-9/h2-8,14H,1H3. The molecule has 1 unspecified atom stereocenters. The molecular formula is C12H11FOS. The predicted octanol–water partition coefficient (Wildman–Crippen LogP) is 3.14. The Hall–Kier alpha value is -1.19. The molecule has 1 aromatic heterocycles. The van der Waals surface area contributed by atoms with Crippen LogP contribution >= 0.6 is 11.3 Å². The van der Waals surface area contributed by atoms with E-state index in [0.717, 1.165) is 4.88 Å². The Labute approximate surface area is 91.8 Å². The third kappa shape index (κ3) is 1.94. The van der Waals surface area contributed by atoms with Crippen LogP contribution in [0.1, 0.15) is 17.4 Å². The topological polar surface area (TPSA) is 20.2 Å². The van der Waals surface area contributed by atoms with E-state index in [4.69, 9.17) is 0 Å². The van der Waals surface area contributed by atoms with Gasteiger partial charge >= 0.3 is 0 Å². The zero-order valence-corrected chi connectivity index (χ0v) is 9.09. The second-order valence-electron chi connectivity index (χ2n) is 3.56. The third-order valence-electron chi connectivity index (χ3n) is 2.39. The monoisotopic (exact) mass is 222 g/mol. The summed E-state index contributed by atoms with van der Waals surface area (Å²) in [5.41, 5.74) is -0.541. The molecule has 1 heterocycles. The maximum Gasteiger partial charge on any atom is 0.123 e. The summed E-state index contributed by atoms with van der Waals surface area (Å²) in [6.07, 6.45) is 0. The maximum absolute atomic E-state index is 13.0. The first-order valence-corrected chi connectivity index (χ1v) is 5.51. The van der Waals surface area contributed by atoms with Crippen LogP contribution in [0.15, 0.2) is 41.8 Å². The number of hydrogen-bond donors (Lipinski definition) is 1. The van der Waals surface area contributed by atoms with Crippen LogP contribution in [0.25, 0.3) is 0 Å². The van der Waals surface area contributed by atoms with E-state index >= 15 is 0 Å². The Morgan fingerprint density at radius 3 is 2.67 bits per heavy atom. The van der Waals surface area contributed by atoms with Crippen molar-refractivity contribution in [2.45, 2.75) is 12.5 Å². The Morgan fingerprint density at radius 1 is 1.27 bits per heavy atom. The molecule has 1 atom stereocenters. The molecule has 2 rings (SSSR count). The van der Waals surface area contributed by atoms with Crippen LogP contribution in [-0.4, -0.2) is 5.11 Å². The molecule has 0 aliphatic rings. The molecule has 1 aromatic carbocycles. The van der Waals surface area contributed by atoms with Gasteiger partial charge in [-0.3, -0.25) is 0 Å². The van der Waals surface area contributed by atoms with Crippen molar-refractivity contribution in [3.05, 3.63) is 58.0 Å². The number of rotatable bonds is 2. The summed E-state index contributed by atoms with van der Waals surface area (Å²) < 4.78 is 13.0. The Kier molecular flexibility index (Phi) is 2.59. The molecule has 0 saturated heterocycles. The van der Waals surface area contributed by atoms with Gasteiger partial charge in [-0.1, -0.05) is 18.2 Å². The lowest BCUT2D eigenvalue weighted by molar-refractivity contribution is 0.106. The minimum atomic E-state index is -1.11. The van der Waals surface area contributed by atoms with Crippen LogP contribution in [-0.2, 0) is 5.60 Å². The van der Waals surface area contributed by atoms with Gasteiger partial charge in [0.1, 0.15) is 11.4 Å². The van der Waals surface area contributed by atoms with E-state index in [2.05, 4.69) is 0 Å². The van der Waals surface area contributed by atoms with Crippen LogP contribution < -0.4 is 0 Å². The normalized spacial score (nSPS) is 14.9. The van der Waals surface area contributed by atoms with E-state index in [1.165, 1.54) is 23.5 Å². The van der Waals surface area contributed by atoms with E-state index in [0.29, 0.717) is 5.56 Å². The molecule has 0 fully saturated rings. The molecule has 0 saturated carbocycles. The highest BCUT2D eigenvalue weighted by Crippen LogP contribution is 2.32. The van der Waals surface area contributed by atoms with Crippen LogP contribution in [0.5, 0.6) is 0 Å². The molecule has 1 N–H and O–H groups in total. The first-order valence-electron chi connectivity index (χ1n) is 4.63. The summed E-state index contributed by atoms with van der Waals surface area (Å²) in [6.45, 7) is 1.67. The number of thiophene rings is 1. The number of halogens is 1. The lowest BCUT2D eigenvalue weighted by Crippen LogP contribution is -2.21. The molecular weight excluding hydrogens is 211 g/mol. The van der Waals surface area contributed by atoms with Gasteiger partial charge < -0.3 is 5.11 Å². The number of hydrogen-bond acceptors (Lipinski definition) is 2. The van der Waals surface area contributed by atoms with Crippen molar-refractivity contribution >= 4 is 11.3 Å². The average molecular weight is 222 g/mol. The van der Waals surface area contributed by atoms with Gasteiger partial charge in [-0.25, -0.2) is 4.39 Å². The van der Waals surface area contributed by atoms with Gasteiger partial charge in [0.25, 0.3) is 0 Å². The molecule has 15 heavy (non-hydrogen) atoms. The second-order valence-corrected chi connectivity index (χ2v) is 4.51. The SMILES string of the molecule is CC(O)(c1cccc(F)c1)c1cccs1. The molecule has 1 nitrogen and oxygen atoms in total. The molecule has 3 heteroatoms. The van der Waals surface area contributed by atoms with Gasteiger partial charge in [-0.2, -0.15) is 0 Å². The van der Waals surface area contributed by atoms with Crippen LogP contribution in [0.4, 0.5) is 4.39 Å². The lowest BCUT2D eigenvalue weighted by atomic mass is 9.94. The highest BCUT2D eigenvalue weighted by atomic mass is 32.1. The third-order valence-corrected chi connectivity index (χ3v) is 3.47. The Bertz CT molecular complexity index is 448. The average Bonchev–Trinajstić information content (AvgIpc) is 2.71. The highest BCUT2D eigenvalue weighted by molar-refractivity contribution is 7.10. The molecule has 0 aliphatic carbocycles. The number of benzene rings is 1. The van der Waals surface area contributed by atoms with E-state index in [1.54, 1.807) is 19.1 Å². The van der Waals surface area contributed by atoms with Crippen LogP contribution in [0.3, 0.4) is 0 Å². The molecule has 0 aliphatic heterocycles. The Balaban J connectivity index is 2.46. The highest BCUT2D eigenvalue weighted by Gasteiger charge is 2.26. The smallest absolute Gasteiger partial charge is 0.123 e. The van der Waals surface area contributed by atoms with Gasteiger partial charge in [-0.05, 0) is 36.1 Å². The quantitative estimate of drug-likeness (QED) is 0.827. The molecule has 2 aromatic rings. The minimum Gasteiger partial charge on any atom is -0.380 e. The summed E-state index contributed by atoms with van der Waals surface area (Å²) in [6, 6.07) is 9.77. The van der Waals surface area contributed by atoms with Gasteiger partial charge in [0.15, 0.2) is 0 Å². The van der Waals surface area contributed by atoms with Gasteiger partial charge in [-0.15, -0.1) is 11.3 Å². The Morgan fingerprint density at radius 2 is 2.07 bits per heavy atom. The maximum atomic E-state index is 13.0. The predicted molar refractivity (Wildman–Crippen MR) is 59.4 cm³/mol. The van der Waals surface area contributed by atoms with Crippen molar-refractivity contribution in [2.24, 2.45) is 0 Å². The summed E-state index contributed by atoms with van der Waals surface area (Å²) in [4.78, 5) is 0.813. The summed E-state index contributed by atoms with van der Waals surface area (Å²) in [7, 11) is 0. The number of aliphatic hydroxyl groups is 1. The van der Waals surface area contributed by atoms with E-state index in [-0.39, 0.29) is 5.82 Å². The minimum absolute atomic E-state index is 0.329. The molecule has 0 spiro atoms. The van der Waals surface area contributed by atoms with Gasteiger partial charge in [0, 0.05) is 4.88 Å². The van der Waals surface area contributed by atoms with Crippen molar-refractivity contribution in [1.29, 1.82) is 0 Å². The first-order chi connectivity index (χ1) is 7.10. The first kappa shape index (κ1) is 10.3. The summed E-state index contributed by atoms with van der Waals surface area (Å²) in [5.74, 6) is -0.329. The fourth-order valence-corrected chi connectivity index (χ4v) is 2.30. The summed E-state index contributed by atoms with van der Waals surface area (Å²) in [5, 5.41) is 12.2. The summed E-state index contributed by atoms with van der Waals surface area (Å²) >= 11 is 1.46. The van der Waals surface area contributed by atoms with E-state index in [1.807, 2.05) is 17.5 Å². The van der Waals surface area contributed by atoms with Gasteiger partial charge in [0.05, 0.1) is 0 Å². The van der Waals surface area contributed by atoms with E-state index in [9.17, 15) is 9.50 Å². The van der Waals surface area contributed by atoms with Crippen LogP contribution in [0.2, 0.25) is 0 Å². The molecule has 0 amide bonds. The van der Waals surface area contributed by atoms with Crippen molar-refractivity contribution in [3.63, 3.8) is 0 Å². The fraction of sp³-hybridized carbons (Fsp3) is 0.167.